The van der Waals surface area contributed by atoms with Gasteiger partial charge in [0.1, 0.15) is 16.5 Å². The smallest absolute Gasteiger partial charge is 0.227 e. The number of aryl methyl sites for hydroxylation is 2. The molecule has 0 radical (unpaired) electrons. The van der Waals surface area contributed by atoms with Crippen molar-refractivity contribution in [1.29, 1.82) is 0 Å². The third-order valence-corrected chi connectivity index (χ3v) is 8.43. The molecule has 174 valence electrons. The maximum atomic E-state index is 12.9. The standard InChI is InChI=1S/C27H34N4OS/c1-3-19(2)25-28-26(24-21-12-8-5-9-13-22(21)33-27(24)29-25)31-16-14-30(15-17-31)23(32)18-20-10-6-4-7-11-20/h4,6-7,10-11,19H,3,5,8-9,12-18H2,1-2H3. The summed E-state index contributed by atoms with van der Waals surface area (Å²) >= 11 is 1.90. The highest BCUT2D eigenvalue weighted by Crippen LogP contribution is 2.40. The van der Waals surface area contributed by atoms with E-state index in [1.54, 1.807) is 0 Å². The van der Waals surface area contributed by atoms with Crippen molar-refractivity contribution in [3.8, 4) is 0 Å². The fourth-order valence-corrected chi connectivity index (χ4v) is 6.28. The van der Waals surface area contributed by atoms with E-state index in [1.807, 2.05) is 46.6 Å². The van der Waals surface area contributed by atoms with E-state index < -0.39 is 0 Å². The molecule has 1 fully saturated rings. The van der Waals surface area contributed by atoms with Crippen LogP contribution in [0.4, 0.5) is 5.82 Å². The molecule has 0 N–H and O–H groups in total. The minimum absolute atomic E-state index is 0.221. The Hall–Kier alpha value is -2.47. The number of rotatable bonds is 5. The molecular weight excluding hydrogens is 428 g/mol. The van der Waals surface area contributed by atoms with Crippen LogP contribution in [-0.4, -0.2) is 47.0 Å². The summed E-state index contributed by atoms with van der Waals surface area (Å²) in [6.07, 6.45) is 7.69. The van der Waals surface area contributed by atoms with Crippen molar-refractivity contribution < 1.29 is 4.79 Å². The van der Waals surface area contributed by atoms with E-state index in [0.717, 1.165) is 56.2 Å². The molecule has 5 nitrogen and oxygen atoms in total. The van der Waals surface area contributed by atoms with Crippen LogP contribution in [0.15, 0.2) is 30.3 Å². The molecule has 0 spiro atoms. The summed E-state index contributed by atoms with van der Waals surface area (Å²) in [4.78, 5) is 30.2. The zero-order valence-corrected chi connectivity index (χ0v) is 20.7. The maximum Gasteiger partial charge on any atom is 0.227 e. The third kappa shape index (κ3) is 4.63. The van der Waals surface area contributed by atoms with Gasteiger partial charge in [-0.1, -0.05) is 50.6 Å². The Labute approximate surface area is 200 Å². The van der Waals surface area contributed by atoms with Gasteiger partial charge >= 0.3 is 0 Å². The number of piperazine rings is 1. The largest absolute Gasteiger partial charge is 0.352 e. The summed E-state index contributed by atoms with van der Waals surface area (Å²) in [6.45, 7) is 7.60. The number of thiophene rings is 1. The summed E-state index contributed by atoms with van der Waals surface area (Å²) < 4.78 is 0. The molecule has 1 saturated heterocycles. The minimum Gasteiger partial charge on any atom is -0.352 e. The molecule has 0 bridgehead atoms. The van der Waals surface area contributed by atoms with Crippen LogP contribution in [0.25, 0.3) is 10.2 Å². The maximum absolute atomic E-state index is 12.9. The van der Waals surface area contributed by atoms with Crippen molar-refractivity contribution >= 4 is 33.3 Å². The average molecular weight is 463 g/mol. The fraction of sp³-hybridized carbons (Fsp3) is 0.519. The molecule has 3 heterocycles. The van der Waals surface area contributed by atoms with Gasteiger partial charge in [0.05, 0.1) is 11.8 Å². The Morgan fingerprint density at radius 2 is 1.79 bits per heavy atom. The minimum atomic E-state index is 0.221. The molecule has 3 aromatic rings. The zero-order chi connectivity index (χ0) is 22.8. The molecule has 1 amide bonds. The number of hydrogen-bond acceptors (Lipinski definition) is 5. The Kier molecular flexibility index (Phi) is 6.63. The highest BCUT2D eigenvalue weighted by atomic mass is 32.1. The molecule has 1 aromatic carbocycles. The summed E-state index contributed by atoms with van der Waals surface area (Å²) in [5.74, 6) is 2.66. The lowest BCUT2D eigenvalue weighted by Crippen LogP contribution is -2.49. The van der Waals surface area contributed by atoms with Crippen LogP contribution in [-0.2, 0) is 24.1 Å². The van der Waals surface area contributed by atoms with Gasteiger partial charge in [-0.3, -0.25) is 4.79 Å². The van der Waals surface area contributed by atoms with Crippen molar-refractivity contribution in [3.05, 3.63) is 52.2 Å². The van der Waals surface area contributed by atoms with E-state index in [9.17, 15) is 4.79 Å². The highest BCUT2D eigenvalue weighted by molar-refractivity contribution is 7.19. The van der Waals surface area contributed by atoms with Crippen LogP contribution in [0.5, 0.6) is 0 Å². The molecule has 6 heteroatoms. The summed E-state index contributed by atoms with van der Waals surface area (Å²) in [5, 5.41) is 1.30. The topological polar surface area (TPSA) is 49.3 Å². The zero-order valence-electron chi connectivity index (χ0n) is 19.8. The number of hydrogen-bond donors (Lipinski definition) is 0. The summed E-state index contributed by atoms with van der Waals surface area (Å²) in [7, 11) is 0. The molecule has 2 aliphatic rings. The lowest BCUT2D eigenvalue weighted by molar-refractivity contribution is -0.130. The van der Waals surface area contributed by atoms with Crippen LogP contribution in [0.3, 0.4) is 0 Å². The van der Waals surface area contributed by atoms with Crippen LogP contribution < -0.4 is 4.90 Å². The number of anilines is 1. The second-order valence-electron chi connectivity index (χ2n) is 9.49. The molecule has 0 saturated carbocycles. The van der Waals surface area contributed by atoms with Gasteiger partial charge in [0.15, 0.2) is 0 Å². The van der Waals surface area contributed by atoms with Gasteiger partial charge in [-0.05, 0) is 43.2 Å². The van der Waals surface area contributed by atoms with Crippen molar-refractivity contribution in [1.82, 2.24) is 14.9 Å². The van der Waals surface area contributed by atoms with Crippen molar-refractivity contribution in [2.75, 3.05) is 31.1 Å². The molecule has 1 aliphatic heterocycles. The van der Waals surface area contributed by atoms with Crippen molar-refractivity contribution in [2.24, 2.45) is 0 Å². The van der Waals surface area contributed by atoms with E-state index in [2.05, 4.69) is 18.7 Å². The average Bonchev–Trinajstić information content (AvgIpc) is 3.04. The van der Waals surface area contributed by atoms with Crippen LogP contribution >= 0.6 is 11.3 Å². The number of carbonyl (C=O) groups excluding carboxylic acids is 1. The second-order valence-corrected chi connectivity index (χ2v) is 10.6. The van der Waals surface area contributed by atoms with Crippen LogP contribution in [0.1, 0.15) is 67.3 Å². The number of amides is 1. The third-order valence-electron chi connectivity index (χ3n) is 7.25. The van der Waals surface area contributed by atoms with Gasteiger partial charge in [-0.15, -0.1) is 11.3 Å². The number of aromatic nitrogens is 2. The molecule has 5 rings (SSSR count). The monoisotopic (exact) mass is 462 g/mol. The van der Waals surface area contributed by atoms with E-state index >= 15 is 0 Å². The number of benzene rings is 1. The van der Waals surface area contributed by atoms with E-state index in [0.29, 0.717) is 12.3 Å². The lowest BCUT2D eigenvalue weighted by Gasteiger charge is -2.36. The molecule has 33 heavy (non-hydrogen) atoms. The lowest BCUT2D eigenvalue weighted by atomic mass is 10.1. The van der Waals surface area contributed by atoms with Gasteiger partial charge in [-0.2, -0.15) is 0 Å². The van der Waals surface area contributed by atoms with E-state index in [1.165, 1.54) is 46.3 Å². The van der Waals surface area contributed by atoms with Gasteiger partial charge in [-0.25, -0.2) is 9.97 Å². The molecule has 1 atom stereocenters. The molecule has 1 unspecified atom stereocenters. The SMILES string of the molecule is CCC(C)c1nc(N2CCN(C(=O)Cc3ccccc3)CC2)c2c3c(sc2n1)CCCCC3. The van der Waals surface area contributed by atoms with E-state index in [-0.39, 0.29) is 5.91 Å². The number of carbonyl (C=O) groups is 1. The number of fused-ring (bicyclic) bond motifs is 3. The Morgan fingerprint density at radius 3 is 2.55 bits per heavy atom. The highest BCUT2D eigenvalue weighted by Gasteiger charge is 2.27. The second kappa shape index (κ2) is 9.80. The first-order valence-corrected chi connectivity index (χ1v) is 13.3. The fourth-order valence-electron chi connectivity index (χ4n) is 5.01. The molecule has 2 aromatic heterocycles. The predicted octanol–water partition coefficient (Wildman–Crippen LogP) is 5.37. The van der Waals surface area contributed by atoms with Crippen LogP contribution in [0.2, 0.25) is 0 Å². The van der Waals surface area contributed by atoms with Crippen LogP contribution in [0, 0.1) is 0 Å². The normalized spacial score (nSPS) is 17.6. The first-order valence-electron chi connectivity index (χ1n) is 12.5. The van der Waals surface area contributed by atoms with Gasteiger partial charge in [0.2, 0.25) is 5.91 Å². The van der Waals surface area contributed by atoms with Gasteiger partial charge < -0.3 is 9.80 Å². The summed E-state index contributed by atoms with van der Waals surface area (Å²) in [6, 6.07) is 10.1. The van der Waals surface area contributed by atoms with Crippen molar-refractivity contribution in [2.45, 2.75) is 64.7 Å². The first-order chi connectivity index (χ1) is 16.1. The van der Waals surface area contributed by atoms with Gasteiger partial charge in [0, 0.05) is 37.0 Å². The molecule has 1 aliphatic carbocycles. The number of nitrogens with zero attached hydrogens (tertiary/aromatic N) is 4. The molecular formula is C27H34N4OS. The van der Waals surface area contributed by atoms with Gasteiger partial charge in [0.25, 0.3) is 0 Å². The van der Waals surface area contributed by atoms with E-state index in [4.69, 9.17) is 9.97 Å². The Bertz CT molecular complexity index is 1120. The summed E-state index contributed by atoms with van der Waals surface area (Å²) in [5.41, 5.74) is 2.59. The predicted molar refractivity (Wildman–Crippen MR) is 136 cm³/mol. The Balaban J connectivity index is 1.41. The van der Waals surface area contributed by atoms with Crippen molar-refractivity contribution in [3.63, 3.8) is 0 Å². The first kappa shape index (κ1) is 22.3. The quantitative estimate of drug-likeness (QED) is 0.479. The Morgan fingerprint density at radius 1 is 1.03 bits per heavy atom.